The molecular formula is C18H17N3OS. The van der Waals surface area contributed by atoms with E-state index in [-0.39, 0.29) is 0 Å². The number of benzene rings is 1. The molecule has 0 spiro atoms. The third-order valence-corrected chi connectivity index (χ3v) is 4.81. The van der Waals surface area contributed by atoms with Crippen molar-refractivity contribution in [3.8, 4) is 11.4 Å². The van der Waals surface area contributed by atoms with Crippen LogP contribution in [0.3, 0.4) is 0 Å². The van der Waals surface area contributed by atoms with E-state index in [0.29, 0.717) is 11.7 Å². The topological polar surface area (TPSA) is 42.2 Å². The summed E-state index contributed by atoms with van der Waals surface area (Å²) in [7, 11) is 0. The molecule has 0 N–H and O–H groups in total. The number of hydrogen-bond acceptors (Lipinski definition) is 5. The minimum absolute atomic E-state index is 0.525. The molecule has 0 bridgehead atoms. The Bertz CT molecular complexity index is 784. The Kier molecular flexibility index (Phi) is 3.94. The first-order chi connectivity index (χ1) is 11.4. The molecule has 4 nitrogen and oxygen atoms in total. The maximum Gasteiger partial charge on any atom is 0.250 e. The average Bonchev–Trinajstić information content (AvgIpc) is 3.35. The number of hydrogen-bond donors (Lipinski definition) is 0. The SMILES string of the molecule is C(=Cc1cccs1)c1nc(-c2ccc(N3CCCC3)cc2)no1. The number of thiophene rings is 1. The summed E-state index contributed by atoms with van der Waals surface area (Å²) in [5.74, 6) is 1.15. The average molecular weight is 323 g/mol. The zero-order valence-electron chi connectivity index (χ0n) is 12.7. The molecule has 116 valence electrons. The van der Waals surface area contributed by atoms with E-state index in [1.165, 1.54) is 23.4 Å². The van der Waals surface area contributed by atoms with Crippen LogP contribution in [0.15, 0.2) is 46.3 Å². The molecule has 0 aliphatic carbocycles. The molecule has 4 rings (SSSR count). The molecule has 5 heteroatoms. The van der Waals surface area contributed by atoms with Crippen molar-refractivity contribution in [2.75, 3.05) is 18.0 Å². The standard InChI is InChI=1S/C18H17N3OS/c1-2-12-21(11-1)15-7-5-14(6-8-15)18-19-17(22-20-18)10-9-16-4-3-13-23-16/h3-10,13H,1-2,11-12H2. The van der Waals surface area contributed by atoms with Gasteiger partial charge in [-0.05, 0) is 54.6 Å². The molecular weight excluding hydrogens is 306 g/mol. The molecule has 0 radical (unpaired) electrons. The molecule has 1 aliphatic rings. The highest BCUT2D eigenvalue weighted by Gasteiger charge is 2.13. The van der Waals surface area contributed by atoms with Gasteiger partial charge in [-0.15, -0.1) is 11.3 Å². The molecule has 23 heavy (non-hydrogen) atoms. The van der Waals surface area contributed by atoms with Crippen LogP contribution >= 0.6 is 11.3 Å². The van der Waals surface area contributed by atoms with Gasteiger partial charge < -0.3 is 9.42 Å². The van der Waals surface area contributed by atoms with Crippen LogP contribution in [0.25, 0.3) is 23.5 Å². The molecule has 0 unspecified atom stereocenters. The highest BCUT2D eigenvalue weighted by atomic mass is 32.1. The number of aromatic nitrogens is 2. The molecule has 1 aliphatic heterocycles. The van der Waals surface area contributed by atoms with Gasteiger partial charge in [-0.2, -0.15) is 4.98 Å². The third kappa shape index (κ3) is 3.19. The van der Waals surface area contributed by atoms with E-state index in [9.17, 15) is 0 Å². The first-order valence-electron chi connectivity index (χ1n) is 7.79. The fourth-order valence-electron chi connectivity index (χ4n) is 2.76. The van der Waals surface area contributed by atoms with Crippen molar-refractivity contribution in [2.24, 2.45) is 0 Å². The zero-order chi connectivity index (χ0) is 15.5. The van der Waals surface area contributed by atoms with E-state index in [0.717, 1.165) is 18.7 Å². The van der Waals surface area contributed by atoms with Crippen LogP contribution in [0.4, 0.5) is 5.69 Å². The van der Waals surface area contributed by atoms with Crippen molar-refractivity contribution in [1.29, 1.82) is 0 Å². The van der Waals surface area contributed by atoms with Crippen molar-refractivity contribution >= 4 is 29.2 Å². The van der Waals surface area contributed by atoms with Crippen LogP contribution in [0.2, 0.25) is 0 Å². The second-order valence-corrected chi connectivity index (χ2v) is 6.53. The highest BCUT2D eigenvalue weighted by molar-refractivity contribution is 7.10. The Labute approximate surface area is 139 Å². The van der Waals surface area contributed by atoms with Gasteiger partial charge in [0, 0.05) is 35.3 Å². The molecule has 0 amide bonds. The van der Waals surface area contributed by atoms with Crippen molar-refractivity contribution in [3.05, 3.63) is 52.5 Å². The van der Waals surface area contributed by atoms with Gasteiger partial charge in [0.05, 0.1) is 0 Å². The maximum absolute atomic E-state index is 5.29. The van der Waals surface area contributed by atoms with E-state index in [2.05, 4.69) is 45.4 Å². The fraction of sp³-hybridized carbons (Fsp3) is 0.222. The molecule has 0 saturated carbocycles. The Morgan fingerprint density at radius 1 is 1.04 bits per heavy atom. The second kappa shape index (κ2) is 6.38. The van der Waals surface area contributed by atoms with Gasteiger partial charge in [-0.25, -0.2) is 0 Å². The summed E-state index contributed by atoms with van der Waals surface area (Å²) >= 11 is 1.68. The molecule has 3 heterocycles. The fourth-order valence-corrected chi connectivity index (χ4v) is 3.37. The van der Waals surface area contributed by atoms with Crippen LogP contribution in [0, 0.1) is 0 Å². The monoisotopic (exact) mass is 323 g/mol. The molecule has 1 fully saturated rings. The number of anilines is 1. The summed E-state index contributed by atoms with van der Waals surface area (Å²) < 4.78 is 5.29. The van der Waals surface area contributed by atoms with Crippen LogP contribution in [-0.2, 0) is 0 Å². The third-order valence-electron chi connectivity index (χ3n) is 3.97. The van der Waals surface area contributed by atoms with Gasteiger partial charge >= 0.3 is 0 Å². The molecule has 1 saturated heterocycles. The van der Waals surface area contributed by atoms with Gasteiger partial charge in [-0.3, -0.25) is 0 Å². The number of rotatable bonds is 4. The lowest BCUT2D eigenvalue weighted by Crippen LogP contribution is -2.17. The van der Waals surface area contributed by atoms with Crippen molar-refractivity contribution < 1.29 is 4.52 Å². The summed E-state index contributed by atoms with van der Waals surface area (Å²) in [4.78, 5) is 8.01. The Balaban J connectivity index is 1.49. The van der Waals surface area contributed by atoms with Crippen molar-refractivity contribution in [3.63, 3.8) is 0 Å². The lowest BCUT2D eigenvalue weighted by atomic mass is 10.2. The van der Waals surface area contributed by atoms with Crippen LogP contribution in [0.1, 0.15) is 23.6 Å². The summed E-state index contributed by atoms with van der Waals surface area (Å²) in [6.07, 6.45) is 6.40. The molecule has 0 atom stereocenters. The summed E-state index contributed by atoms with van der Waals surface area (Å²) in [5.41, 5.74) is 2.25. The normalized spacial score (nSPS) is 14.9. The Morgan fingerprint density at radius 3 is 2.61 bits per heavy atom. The van der Waals surface area contributed by atoms with Crippen molar-refractivity contribution in [2.45, 2.75) is 12.8 Å². The minimum atomic E-state index is 0.525. The maximum atomic E-state index is 5.29. The van der Waals surface area contributed by atoms with Gasteiger partial charge in [0.25, 0.3) is 5.89 Å². The summed E-state index contributed by atoms with van der Waals surface area (Å²) in [6.45, 7) is 2.30. The Morgan fingerprint density at radius 2 is 1.87 bits per heavy atom. The predicted molar refractivity (Wildman–Crippen MR) is 94.4 cm³/mol. The highest BCUT2D eigenvalue weighted by Crippen LogP contribution is 2.24. The van der Waals surface area contributed by atoms with E-state index in [1.54, 1.807) is 11.3 Å². The van der Waals surface area contributed by atoms with Crippen LogP contribution in [0.5, 0.6) is 0 Å². The summed E-state index contributed by atoms with van der Waals surface area (Å²) in [5, 5.41) is 6.11. The lowest BCUT2D eigenvalue weighted by Gasteiger charge is -2.17. The number of nitrogens with zero attached hydrogens (tertiary/aromatic N) is 3. The first kappa shape index (κ1) is 14.2. The second-order valence-electron chi connectivity index (χ2n) is 5.55. The zero-order valence-corrected chi connectivity index (χ0v) is 13.5. The van der Waals surface area contributed by atoms with E-state index >= 15 is 0 Å². The van der Waals surface area contributed by atoms with E-state index in [4.69, 9.17) is 4.52 Å². The van der Waals surface area contributed by atoms with E-state index in [1.807, 2.05) is 23.6 Å². The van der Waals surface area contributed by atoms with Crippen molar-refractivity contribution in [1.82, 2.24) is 10.1 Å². The Hall–Kier alpha value is -2.40. The van der Waals surface area contributed by atoms with Gasteiger partial charge in [-0.1, -0.05) is 11.2 Å². The molecule has 3 aromatic rings. The minimum Gasteiger partial charge on any atom is -0.372 e. The van der Waals surface area contributed by atoms with Crippen LogP contribution in [-0.4, -0.2) is 23.2 Å². The van der Waals surface area contributed by atoms with E-state index < -0.39 is 0 Å². The van der Waals surface area contributed by atoms with Crippen LogP contribution < -0.4 is 4.90 Å². The quantitative estimate of drug-likeness (QED) is 0.705. The summed E-state index contributed by atoms with van der Waals surface area (Å²) in [6, 6.07) is 12.5. The van der Waals surface area contributed by atoms with Gasteiger partial charge in [0.1, 0.15) is 0 Å². The molecule has 1 aromatic carbocycles. The predicted octanol–water partition coefficient (Wildman–Crippen LogP) is 4.57. The molecule has 2 aromatic heterocycles. The lowest BCUT2D eigenvalue weighted by molar-refractivity contribution is 0.411. The first-order valence-corrected chi connectivity index (χ1v) is 8.67. The van der Waals surface area contributed by atoms with Gasteiger partial charge in [0.2, 0.25) is 5.82 Å². The smallest absolute Gasteiger partial charge is 0.250 e. The largest absolute Gasteiger partial charge is 0.372 e. The van der Waals surface area contributed by atoms with Gasteiger partial charge in [0.15, 0.2) is 0 Å².